The van der Waals surface area contributed by atoms with Gasteiger partial charge in [0.15, 0.2) is 0 Å². The summed E-state index contributed by atoms with van der Waals surface area (Å²) in [5.41, 5.74) is 0. The number of rotatable bonds is 9. The van der Waals surface area contributed by atoms with Gasteiger partial charge < -0.3 is 20.3 Å². The average molecular weight is 231 g/mol. The van der Waals surface area contributed by atoms with E-state index in [1.54, 1.807) is 7.11 Å². The number of nitrogens with zero attached hydrogens (tertiary/aromatic N) is 1. The fraction of sp³-hybridized carbons (Fsp3) is 0.909. The fourth-order valence-corrected chi connectivity index (χ4v) is 1.18. The van der Waals surface area contributed by atoms with Crippen LogP contribution in [0, 0.1) is 0 Å². The van der Waals surface area contributed by atoms with Gasteiger partial charge in [-0.1, -0.05) is 0 Å². The SMILES string of the molecule is COCCNC(=O)CNC(C)CCN(C)C. The number of hydrogen-bond acceptors (Lipinski definition) is 4. The molecule has 0 aliphatic heterocycles. The second-order valence-corrected chi connectivity index (χ2v) is 4.22. The number of hydrogen-bond donors (Lipinski definition) is 2. The van der Waals surface area contributed by atoms with Crippen molar-refractivity contribution in [2.75, 3.05) is 47.4 Å². The van der Waals surface area contributed by atoms with Crippen molar-refractivity contribution >= 4 is 5.91 Å². The highest BCUT2D eigenvalue weighted by Crippen LogP contribution is 1.91. The molecule has 0 bridgehead atoms. The third-order valence-corrected chi connectivity index (χ3v) is 2.25. The standard InChI is InChI=1S/C11H25N3O2/c1-10(5-7-14(2)3)13-9-11(15)12-6-8-16-4/h10,13H,5-9H2,1-4H3,(H,12,15). The second kappa shape index (κ2) is 9.57. The van der Waals surface area contributed by atoms with Gasteiger partial charge in [0.25, 0.3) is 0 Å². The lowest BCUT2D eigenvalue weighted by molar-refractivity contribution is -0.120. The Kier molecular flexibility index (Phi) is 9.18. The molecule has 96 valence electrons. The summed E-state index contributed by atoms with van der Waals surface area (Å²) in [5.74, 6) is 0.0220. The van der Waals surface area contributed by atoms with E-state index in [1.165, 1.54) is 0 Å². The molecule has 0 heterocycles. The van der Waals surface area contributed by atoms with Crippen LogP contribution in [0.1, 0.15) is 13.3 Å². The van der Waals surface area contributed by atoms with Gasteiger partial charge in [-0.25, -0.2) is 0 Å². The summed E-state index contributed by atoms with van der Waals surface area (Å²) < 4.78 is 4.84. The highest BCUT2D eigenvalue weighted by atomic mass is 16.5. The van der Waals surface area contributed by atoms with E-state index in [0.717, 1.165) is 13.0 Å². The van der Waals surface area contributed by atoms with Gasteiger partial charge in [-0.05, 0) is 34.0 Å². The summed E-state index contributed by atoms with van der Waals surface area (Å²) in [6, 6.07) is 0.357. The third-order valence-electron chi connectivity index (χ3n) is 2.25. The molecule has 1 unspecified atom stereocenters. The zero-order valence-corrected chi connectivity index (χ0v) is 10.9. The van der Waals surface area contributed by atoms with Crippen LogP contribution in [0.25, 0.3) is 0 Å². The van der Waals surface area contributed by atoms with Gasteiger partial charge in [0.2, 0.25) is 5.91 Å². The molecule has 0 radical (unpaired) electrons. The molecular formula is C11H25N3O2. The molecule has 0 fully saturated rings. The number of nitrogens with one attached hydrogen (secondary N) is 2. The Labute approximate surface area is 98.5 Å². The number of methoxy groups -OCH3 is 1. The van der Waals surface area contributed by atoms with E-state index in [1.807, 2.05) is 14.1 Å². The van der Waals surface area contributed by atoms with Crippen LogP contribution in [0.2, 0.25) is 0 Å². The smallest absolute Gasteiger partial charge is 0.234 e. The van der Waals surface area contributed by atoms with E-state index in [0.29, 0.717) is 25.7 Å². The molecule has 0 aliphatic carbocycles. The van der Waals surface area contributed by atoms with Gasteiger partial charge >= 0.3 is 0 Å². The van der Waals surface area contributed by atoms with Gasteiger partial charge in [-0.2, -0.15) is 0 Å². The molecule has 0 aliphatic rings. The van der Waals surface area contributed by atoms with Crippen LogP contribution in [0.4, 0.5) is 0 Å². The Bertz CT molecular complexity index is 186. The lowest BCUT2D eigenvalue weighted by atomic mass is 10.2. The molecule has 0 rings (SSSR count). The Hall–Kier alpha value is -0.650. The fourth-order valence-electron chi connectivity index (χ4n) is 1.18. The summed E-state index contributed by atoms with van der Waals surface area (Å²) in [4.78, 5) is 13.5. The van der Waals surface area contributed by atoms with Crippen LogP contribution in [0.5, 0.6) is 0 Å². The molecule has 0 aromatic rings. The van der Waals surface area contributed by atoms with Crippen molar-refractivity contribution in [2.24, 2.45) is 0 Å². The summed E-state index contributed by atoms with van der Waals surface area (Å²) in [6.45, 7) is 4.62. The largest absolute Gasteiger partial charge is 0.383 e. The van der Waals surface area contributed by atoms with Gasteiger partial charge in [0, 0.05) is 19.7 Å². The highest BCUT2D eigenvalue weighted by Gasteiger charge is 2.05. The first-order chi connectivity index (χ1) is 7.56. The monoisotopic (exact) mass is 231 g/mol. The molecule has 16 heavy (non-hydrogen) atoms. The average Bonchev–Trinajstić information content (AvgIpc) is 2.24. The Balaban J connectivity index is 3.43. The summed E-state index contributed by atoms with van der Waals surface area (Å²) >= 11 is 0. The van der Waals surface area contributed by atoms with E-state index in [4.69, 9.17) is 4.74 Å². The van der Waals surface area contributed by atoms with Crippen molar-refractivity contribution < 1.29 is 9.53 Å². The molecule has 0 aromatic heterocycles. The molecule has 5 nitrogen and oxygen atoms in total. The summed E-state index contributed by atoms with van der Waals surface area (Å²) in [7, 11) is 5.71. The minimum absolute atomic E-state index is 0.0220. The van der Waals surface area contributed by atoms with Crippen molar-refractivity contribution in [1.29, 1.82) is 0 Å². The number of ether oxygens (including phenoxy) is 1. The van der Waals surface area contributed by atoms with Crippen LogP contribution in [0.15, 0.2) is 0 Å². The maximum absolute atomic E-state index is 11.3. The van der Waals surface area contributed by atoms with Crippen molar-refractivity contribution in [1.82, 2.24) is 15.5 Å². The first-order valence-corrected chi connectivity index (χ1v) is 5.70. The molecule has 1 amide bonds. The van der Waals surface area contributed by atoms with Crippen molar-refractivity contribution in [3.63, 3.8) is 0 Å². The lowest BCUT2D eigenvalue weighted by Crippen LogP contribution is -2.39. The van der Waals surface area contributed by atoms with Crippen LogP contribution in [-0.4, -0.2) is 64.3 Å². The molecule has 0 saturated carbocycles. The van der Waals surface area contributed by atoms with Crippen LogP contribution >= 0.6 is 0 Å². The lowest BCUT2D eigenvalue weighted by Gasteiger charge is -2.16. The number of amides is 1. The van der Waals surface area contributed by atoms with Crippen LogP contribution < -0.4 is 10.6 Å². The van der Waals surface area contributed by atoms with E-state index in [2.05, 4.69) is 22.5 Å². The van der Waals surface area contributed by atoms with Crippen molar-refractivity contribution in [2.45, 2.75) is 19.4 Å². The predicted molar refractivity (Wildman–Crippen MR) is 65.5 cm³/mol. The molecule has 1 atom stereocenters. The normalized spacial score (nSPS) is 12.8. The Morgan fingerprint density at radius 2 is 2.12 bits per heavy atom. The molecule has 2 N–H and O–H groups in total. The maximum Gasteiger partial charge on any atom is 0.234 e. The van der Waals surface area contributed by atoms with E-state index < -0.39 is 0 Å². The molecule has 0 spiro atoms. The van der Waals surface area contributed by atoms with Gasteiger partial charge in [-0.3, -0.25) is 4.79 Å². The van der Waals surface area contributed by atoms with E-state index in [9.17, 15) is 4.79 Å². The topological polar surface area (TPSA) is 53.6 Å². The quantitative estimate of drug-likeness (QED) is 0.534. The predicted octanol–water partition coefficient (Wildman–Crippen LogP) is -0.321. The first kappa shape index (κ1) is 15.3. The van der Waals surface area contributed by atoms with Gasteiger partial charge in [-0.15, -0.1) is 0 Å². The summed E-state index contributed by atoms with van der Waals surface area (Å²) in [6.07, 6.45) is 1.04. The van der Waals surface area contributed by atoms with Crippen molar-refractivity contribution in [3.8, 4) is 0 Å². The zero-order chi connectivity index (χ0) is 12.4. The molecule has 0 aromatic carbocycles. The number of carbonyl (C=O) groups is 1. The summed E-state index contributed by atoms with van der Waals surface area (Å²) in [5, 5.41) is 5.95. The van der Waals surface area contributed by atoms with E-state index >= 15 is 0 Å². The van der Waals surface area contributed by atoms with Crippen LogP contribution in [0.3, 0.4) is 0 Å². The minimum Gasteiger partial charge on any atom is -0.383 e. The molecule has 5 heteroatoms. The minimum atomic E-state index is 0.0220. The number of carbonyl (C=O) groups excluding carboxylic acids is 1. The maximum atomic E-state index is 11.3. The van der Waals surface area contributed by atoms with E-state index in [-0.39, 0.29) is 5.91 Å². The Morgan fingerprint density at radius 3 is 2.69 bits per heavy atom. The Morgan fingerprint density at radius 1 is 1.44 bits per heavy atom. The zero-order valence-electron chi connectivity index (χ0n) is 10.9. The van der Waals surface area contributed by atoms with Gasteiger partial charge in [0.1, 0.15) is 0 Å². The van der Waals surface area contributed by atoms with Gasteiger partial charge in [0.05, 0.1) is 13.2 Å². The third kappa shape index (κ3) is 9.89. The highest BCUT2D eigenvalue weighted by molar-refractivity contribution is 5.77. The van der Waals surface area contributed by atoms with Crippen molar-refractivity contribution in [3.05, 3.63) is 0 Å². The van der Waals surface area contributed by atoms with Crippen LogP contribution in [-0.2, 0) is 9.53 Å². The second-order valence-electron chi connectivity index (χ2n) is 4.22. The molecule has 0 saturated heterocycles. The first-order valence-electron chi connectivity index (χ1n) is 5.70. The molecular weight excluding hydrogens is 206 g/mol.